The lowest BCUT2D eigenvalue weighted by molar-refractivity contribution is -0.780. The van der Waals surface area contributed by atoms with Gasteiger partial charge < -0.3 is 19.3 Å². The minimum atomic E-state index is -0.729. The summed E-state index contributed by atoms with van der Waals surface area (Å²) in [6.07, 6.45) is 1.70. The first-order valence-electron chi connectivity index (χ1n) is 10.6. The Balaban J connectivity index is 1.93. The summed E-state index contributed by atoms with van der Waals surface area (Å²) in [6, 6.07) is 11.4. The SMILES string of the molecule is C=C1N(C)CC[NH+]1c1cc(N(C)C)cn2c(=O)c(OCc3ccccc3)c(C(=O)OC)nc12. The van der Waals surface area contributed by atoms with Crippen LogP contribution in [0.2, 0.25) is 0 Å². The third-order valence-corrected chi connectivity index (χ3v) is 5.82. The topological polar surface area (TPSA) is 80.8 Å². The molecule has 0 aliphatic carbocycles. The molecule has 0 amide bonds. The predicted octanol–water partition coefficient (Wildman–Crippen LogP) is 1.06. The van der Waals surface area contributed by atoms with E-state index in [1.165, 1.54) is 11.5 Å². The van der Waals surface area contributed by atoms with Crippen molar-refractivity contribution in [2.24, 2.45) is 0 Å². The van der Waals surface area contributed by atoms with Gasteiger partial charge in [-0.15, -0.1) is 0 Å². The first-order valence-corrected chi connectivity index (χ1v) is 10.6. The third kappa shape index (κ3) is 4.14. The molecule has 1 aliphatic rings. The summed E-state index contributed by atoms with van der Waals surface area (Å²) < 4.78 is 12.2. The molecule has 0 spiro atoms. The number of benzene rings is 1. The zero-order chi connectivity index (χ0) is 23.7. The second-order valence-electron chi connectivity index (χ2n) is 8.16. The number of nitrogens with one attached hydrogen (secondary N) is 1. The van der Waals surface area contributed by atoms with Crippen molar-refractivity contribution in [3.63, 3.8) is 0 Å². The van der Waals surface area contributed by atoms with Crippen LogP contribution in [-0.2, 0) is 11.3 Å². The molecule has 9 heteroatoms. The van der Waals surface area contributed by atoms with Crippen LogP contribution in [0.4, 0.5) is 11.4 Å². The summed E-state index contributed by atoms with van der Waals surface area (Å²) in [7, 11) is 7.03. The number of esters is 1. The number of aromatic nitrogens is 2. The molecule has 1 aliphatic heterocycles. The number of quaternary nitrogens is 1. The largest absolute Gasteiger partial charge is 0.481 e. The predicted molar refractivity (Wildman–Crippen MR) is 125 cm³/mol. The molecular weight excluding hydrogens is 422 g/mol. The van der Waals surface area contributed by atoms with Gasteiger partial charge in [0.2, 0.25) is 11.4 Å². The van der Waals surface area contributed by atoms with Crippen LogP contribution in [0.3, 0.4) is 0 Å². The molecule has 1 atom stereocenters. The minimum absolute atomic E-state index is 0.118. The number of anilines is 1. The van der Waals surface area contributed by atoms with Crippen molar-refractivity contribution < 1.29 is 19.2 Å². The fraction of sp³-hybridized carbons (Fsp3) is 0.292. The average Bonchev–Trinajstić information content (AvgIpc) is 3.15. The number of likely N-dealkylation sites (N-methyl/N-ethyl adjacent to an activating group) is 1. The summed E-state index contributed by atoms with van der Waals surface area (Å²) in [6.45, 7) is 5.89. The van der Waals surface area contributed by atoms with Crippen molar-refractivity contribution in [2.45, 2.75) is 6.61 Å². The summed E-state index contributed by atoms with van der Waals surface area (Å²) in [5.41, 5.74) is 2.18. The zero-order valence-corrected chi connectivity index (χ0v) is 19.3. The minimum Gasteiger partial charge on any atom is -0.481 e. The van der Waals surface area contributed by atoms with Gasteiger partial charge in [-0.2, -0.15) is 0 Å². The van der Waals surface area contributed by atoms with Crippen molar-refractivity contribution in [1.29, 1.82) is 0 Å². The van der Waals surface area contributed by atoms with E-state index in [1.807, 2.05) is 62.4 Å². The van der Waals surface area contributed by atoms with Crippen LogP contribution in [0.1, 0.15) is 16.1 Å². The maximum Gasteiger partial charge on any atom is 0.360 e. The number of ether oxygens (including phenoxy) is 2. The molecule has 3 aromatic rings. The number of pyridine rings is 1. The lowest BCUT2D eigenvalue weighted by atomic mass is 10.2. The van der Waals surface area contributed by atoms with Gasteiger partial charge in [-0.25, -0.2) is 9.78 Å². The maximum absolute atomic E-state index is 13.6. The van der Waals surface area contributed by atoms with Gasteiger partial charge in [-0.05, 0) is 12.1 Å². The van der Waals surface area contributed by atoms with Crippen LogP contribution in [0.25, 0.3) is 5.65 Å². The number of carbonyl (C=O) groups is 1. The molecule has 1 N–H and O–H groups in total. The van der Waals surface area contributed by atoms with Gasteiger partial charge in [0.05, 0.1) is 19.3 Å². The summed E-state index contributed by atoms with van der Waals surface area (Å²) >= 11 is 0. The molecule has 33 heavy (non-hydrogen) atoms. The highest BCUT2D eigenvalue weighted by molar-refractivity contribution is 5.91. The molecule has 0 saturated carbocycles. The molecule has 1 fully saturated rings. The van der Waals surface area contributed by atoms with Crippen LogP contribution < -0.4 is 20.1 Å². The molecule has 1 unspecified atom stereocenters. The number of carbonyl (C=O) groups excluding carboxylic acids is 1. The zero-order valence-electron chi connectivity index (χ0n) is 19.3. The highest BCUT2D eigenvalue weighted by Crippen LogP contribution is 2.24. The van der Waals surface area contributed by atoms with Gasteiger partial charge >= 0.3 is 11.5 Å². The molecule has 0 radical (unpaired) electrons. The van der Waals surface area contributed by atoms with Crippen molar-refractivity contribution in [3.8, 4) is 5.75 Å². The van der Waals surface area contributed by atoms with Crippen LogP contribution in [-0.4, -0.2) is 61.6 Å². The Bertz CT molecular complexity index is 1270. The number of fused-ring (bicyclic) bond motifs is 1. The summed E-state index contributed by atoms with van der Waals surface area (Å²) in [5, 5.41) is 0. The van der Waals surface area contributed by atoms with E-state index in [0.717, 1.165) is 40.7 Å². The first-order chi connectivity index (χ1) is 15.8. The lowest BCUT2D eigenvalue weighted by Gasteiger charge is -2.20. The Labute approximate surface area is 192 Å². The van der Waals surface area contributed by atoms with E-state index in [1.54, 1.807) is 6.20 Å². The van der Waals surface area contributed by atoms with Gasteiger partial charge in [0.15, 0.2) is 17.2 Å². The number of methoxy groups -OCH3 is 1. The van der Waals surface area contributed by atoms with Crippen LogP contribution in [0.5, 0.6) is 5.75 Å². The Hall–Kier alpha value is -3.85. The molecule has 1 saturated heterocycles. The van der Waals surface area contributed by atoms with Gasteiger partial charge in [-0.3, -0.25) is 14.1 Å². The van der Waals surface area contributed by atoms with E-state index in [0.29, 0.717) is 5.65 Å². The number of rotatable bonds is 6. The summed E-state index contributed by atoms with van der Waals surface area (Å²) in [5.74, 6) is -0.00355. The number of nitrogens with zero attached hydrogens (tertiary/aromatic N) is 4. The van der Waals surface area contributed by atoms with Gasteiger partial charge in [0.25, 0.3) is 0 Å². The molecule has 0 bridgehead atoms. The van der Waals surface area contributed by atoms with E-state index in [2.05, 4.69) is 16.5 Å². The highest BCUT2D eigenvalue weighted by Gasteiger charge is 2.32. The Morgan fingerprint density at radius 3 is 2.61 bits per heavy atom. The van der Waals surface area contributed by atoms with Gasteiger partial charge in [0.1, 0.15) is 13.2 Å². The number of hydrogen-bond acceptors (Lipinski definition) is 7. The maximum atomic E-state index is 13.6. The van der Waals surface area contributed by atoms with Crippen molar-refractivity contribution in [3.05, 3.63) is 76.6 Å². The van der Waals surface area contributed by atoms with Crippen LogP contribution in [0.15, 0.2) is 59.8 Å². The normalized spacial score (nSPS) is 15.7. The second kappa shape index (κ2) is 8.95. The fourth-order valence-corrected chi connectivity index (χ4v) is 3.85. The fourth-order valence-electron chi connectivity index (χ4n) is 3.85. The smallest absolute Gasteiger partial charge is 0.360 e. The average molecular weight is 451 g/mol. The number of hydrogen-bond donors (Lipinski definition) is 1. The van der Waals surface area contributed by atoms with E-state index in [-0.39, 0.29) is 18.1 Å². The highest BCUT2D eigenvalue weighted by atomic mass is 16.5. The Kier molecular flexibility index (Phi) is 6.06. The summed E-state index contributed by atoms with van der Waals surface area (Å²) in [4.78, 5) is 35.8. The molecule has 172 valence electrons. The molecule has 9 nitrogen and oxygen atoms in total. The third-order valence-electron chi connectivity index (χ3n) is 5.82. The molecule has 1 aromatic carbocycles. The van der Waals surface area contributed by atoms with Crippen molar-refractivity contribution >= 4 is 23.0 Å². The Morgan fingerprint density at radius 2 is 2.00 bits per heavy atom. The molecule has 4 rings (SSSR count). The molecular formula is C24H28N5O4+. The van der Waals surface area contributed by atoms with Gasteiger partial charge in [-0.1, -0.05) is 30.3 Å². The molecule has 2 aromatic heterocycles. The van der Waals surface area contributed by atoms with Crippen LogP contribution in [0, 0.1) is 0 Å². The van der Waals surface area contributed by atoms with Crippen molar-refractivity contribution in [1.82, 2.24) is 14.3 Å². The van der Waals surface area contributed by atoms with Crippen LogP contribution >= 0.6 is 0 Å². The van der Waals surface area contributed by atoms with Crippen molar-refractivity contribution in [2.75, 3.05) is 46.2 Å². The monoisotopic (exact) mass is 450 g/mol. The first kappa shape index (κ1) is 22.3. The lowest BCUT2D eigenvalue weighted by Crippen LogP contribution is -3.03. The van der Waals surface area contributed by atoms with E-state index < -0.39 is 11.5 Å². The van der Waals surface area contributed by atoms with E-state index >= 15 is 0 Å². The molecule has 3 heterocycles. The Morgan fingerprint density at radius 1 is 1.27 bits per heavy atom. The van der Waals surface area contributed by atoms with E-state index in [9.17, 15) is 9.59 Å². The second-order valence-corrected chi connectivity index (χ2v) is 8.16. The quantitative estimate of drug-likeness (QED) is 0.563. The van der Waals surface area contributed by atoms with E-state index in [4.69, 9.17) is 9.47 Å². The van der Waals surface area contributed by atoms with Gasteiger partial charge in [0, 0.05) is 33.4 Å². The standard InChI is InChI=1S/C24H27N5O4/c1-16-27(4)11-12-28(16)19-13-18(26(2)3)14-29-22(19)25-20(24(31)32-5)21(23(29)30)33-15-17-9-7-6-8-10-17/h6-10,13-14H,1,11-12,15H2,2-5H3/p+1.